The van der Waals surface area contributed by atoms with Crippen LogP contribution in [0.2, 0.25) is 0 Å². The number of hydrazine groups is 1. The molecule has 0 aliphatic rings. The molecule has 1 amide bonds. The van der Waals surface area contributed by atoms with Gasteiger partial charge in [-0.15, -0.1) is 4.83 Å². The Morgan fingerprint density at radius 2 is 1.84 bits per heavy atom. The first kappa shape index (κ1) is 18.4. The molecule has 0 radical (unpaired) electrons. The van der Waals surface area contributed by atoms with Crippen molar-refractivity contribution in [2.45, 2.75) is 24.8 Å². The molecule has 0 aliphatic heterocycles. The fourth-order valence-electron chi connectivity index (χ4n) is 1.93. The molecule has 130 valence electrons. The lowest BCUT2D eigenvalue weighted by molar-refractivity contribution is 0.0945. The van der Waals surface area contributed by atoms with E-state index in [2.05, 4.69) is 5.43 Å². The zero-order valence-corrected chi connectivity index (χ0v) is 14.5. The van der Waals surface area contributed by atoms with Crippen LogP contribution >= 0.6 is 0 Å². The number of nitrogens with one attached hydrogen (secondary N) is 2. The van der Waals surface area contributed by atoms with E-state index in [9.17, 15) is 13.2 Å². The second kappa shape index (κ2) is 7.79. The van der Waals surface area contributed by atoms with Crippen LogP contribution in [0, 0.1) is 11.3 Å². The van der Waals surface area contributed by atoms with Crippen molar-refractivity contribution in [3.05, 3.63) is 59.7 Å². The van der Waals surface area contributed by atoms with Gasteiger partial charge in [0.05, 0.1) is 22.6 Å². The maximum atomic E-state index is 12.2. The van der Waals surface area contributed by atoms with E-state index in [1.807, 2.05) is 24.7 Å². The molecule has 7 nitrogen and oxygen atoms in total. The minimum Gasteiger partial charge on any atom is -0.491 e. The summed E-state index contributed by atoms with van der Waals surface area (Å²) >= 11 is 0. The van der Waals surface area contributed by atoms with Crippen molar-refractivity contribution in [2.75, 3.05) is 0 Å². The van der Waals surface area contributed by atoms with E-state index in [4.69, 9.17) is 10.00 Å². The molecule has 0 spiro atoms. The number of nitrogens with zero attached hydrogens (tertiary/aromatic N) is 1. The molecule has 0 unspecified atom stereocenters. The van der Waals surface area contributed by atoms with Crippen molar-refractivity contribution in [3.8, 4) is 11.8 Å². The molecular weight excluding hydrogens is 342 g/mol. The molecule has 25 heavy (non-hydrogen) atoms. The van der Waals surface area contributed by atoms with Gasteiger partial charge >= 0.3 is 0 Å². The van der Waals surface area contributed by atoms with Gasteiger partial charge in [-0.1, -0.05) is 6.07 Å². The fraction of sp³-hybridized carbons (Fsp3) is 0.176. The van der Waals surface area contributed by atoms with E-state index < -0.39 is 15.9 Å². The Kier molecular flexibility index (Phi) is 5.75. The van der Waals surface area contributed by atoms with E-state index in [1.165, 1.54) is 36.4 Å². The van der Waals surface area contributed by atoms with Gasteiger partial charge in [0, 0.05) is 5.56 Å². The topological polar surface area (TPSA) is 108 Å². The van der Waals surface area contributed by atoms with Crippen LogP contribution in [0.1, 0.15) is 29.8 Å². The van der Waals surface area contributed by atoms with Crippen LogP contribution in [-0.2, 0) is 10.0 Å². The summed E-state index contributed by atoms with van der Waals surface area (Å²) in [5.41, 5.74) is 2.61. The molecule has 0 bridgehead atoms. The normalized spacial score (nSPS) is 11.0. The van der Waals surface area contributed by atoms with Crippen LogP contribution in [0.15, 0.2) is 53.4 Å². The predicted octanol–water partition coefficient (Wildman–Crippen LogP) is 1.97. The van der Waals surface area contributed by atoms with E-state index in [-0.39, 0.29) is 22.1 Å². The van der Waals surface area contributed by atoms with Crippen LogP contribution in [0.5, 0.6) is 5.75 Å². The van der Waals surface area contributed by atoms with Crippen molar-refractivity contribution in [3.63, 3.8) is 0 Å². The molecule has 0 saturated heterocycles. The quantitative estimate of drug-likeness (QED) is 0.767. The van der Waals surface area contributed by atoms with E-state index in [1.54, 1.807) is 12.1 Å². The van der Waals surface area contributed by atoms with Crippen LogP contribution in [-0.4, -0.2) is 20.4 Å². The van der Waals surface area contributed by atoms with Gasteiger partial charge < -0.3 is 4.74 Å². The minimum absolute atomic E-state index is 0.00987. The summed E-state index contributed by atoms with van der Waals surface area (Å²) in [6.07, 6.45) is 0.00987. The largest absolute Gasteiger partial charge is 0.491 e. The molecule has 2 aromatic rings. The number of sulfonamides is 1. The minimum atomic E-state index is -3.98. The van der Waals surface area contributed by atoms with Crippen LogP contribution in [0.4, 0.5) is 0 Å². The summed E-state index contributed by atoms with van der Waals surface area (Å²) in [5, 5.41) is 8.83. The molecule has 0 aliphatic carbocycles. The van der Waals surface area contributed by atoms with Crippen molar-refractivity contribution in [1.29, 1.82) is 5.26 Å². The van der Waals surface area contributed by atoms with Gasteiger partial charge in [0.15, 0.2) is 0 Å². The molecule has 0 aromatic heterocycles. The third-order valence-electron chi connectivity index (χ3n) is 3.06. The fourth-order valence-corrected chi connectivity index (χ4v) is 2.82. The number of nitriles is 1. The van der Waals surface area contributed by atoms with Gasteiger partial charge in [-0.05, 0) is 56.3 Å². The smallest absolute Gasteiger partial charge is 0.266 e. The number of carbonyl (C=O) groups is 1. The highest BCUT2D eigenvalue weighted by atomic mass is 32.2. The third-order valence-corrected chi connectivity index (χ3v) is 4.31. The van der Waals surface area contributed by atoms with Crippen LogP contribution < -0.4 is 15.0 Å². The predicted molar refractivity (Wildman–Crippen MR) is 91.2 cm³/mol. The van der Waals surface area contributed by atoms with Gasteiger partial charge in [0.2, 0.25) is 0 Å². The van der Waals surface area contributed by atoms with Crippen molar-refractivity contribution >= 4 is 15.9 Å². The summed E-state index contributed by atoms with van der Waals surface area (Å²) in [4.78, 5) is 13.9. The maximum absolute atomic E-state index is 12.2. The number of rotatable bonds is 6. The average Bonchev–Trinajstić information content (AvgIpc) is 2.60. The zero-order valence-electron chi connectivity index (χ0n) is 13.7. The molecule has 2 aromatic carbocycles. The summed E-state index contributed by atoms with van der Waals surface area (Å²) < 4.78 is 29.8. The zero-order chi connectivity index (χ0) is 18.4. The van der Waals surface area contributed by atoms with E-state index in [0.717, 1.165) is 0 Å². The molecule has 0 atom stereocenters. The Labute approximate surface area is 146 Å². The summed E-state index contributed by atoms with van der Waals surface area (Å²) in [7, 11) is -3.98. The number of ether oxygens (including phenoxy) is 1. The molecule has 2 rings (SSSR count). The number of hydrogen-bond acceptors (Lipinski definition) is 5. The highest BCUT2D eigenvalue weighted by Crippen LogP contribution is 2.14. The summed E-state index contributed by atoms with van der Waals surface area (Å²) in [5.74, 6) is -0.00319. The van der Waals surface area contributed by atoms with Gasteiger partial charge in [0.25, 0.3) is 15.9 Å². The van der Waals surface area contributed by atoms with Crippen LogP contribution in [0.3, 0.4) is 0 Å². The first-order chi connectivity index (χ1) is 11.8. The Balaban J connectivity index is 2.04. The van der Waals surface area contributed by atoms with E-state index >= 15 is 0 Å². The van der Waals surface area contributed by atoms with Crippen molar-refractivity contribution in [2.24, 2.45) is 0 Å². The Bertz CT molecular complexity index is 900. The van der Waals surface area contributed by atoms with Crippen molar-refractivity contribution < 1.29 is 17.9 Å². The second-order valence-electron chi connectivity index (χ2n) is 5.39. The average molecular weight is 359 g/mol. The second-order valence-corrected chi connectivity index (χ2v) is 7.07. The lowest BCUT2D eigenvalue weighted by Crippen LogP contribution is -2.41. The first-order valence-electron chi connectivity index (χ1n) is 7.41. The number of benzene rings is 2. The van der Waals surface area contributed by atoms with Gasteiger partial charge in [-0.25, -0.2) is 8.42 Å². The Hall–Kier alpha value is -2.89. The summed E-state index contributed by atoms with van der Waals surface area (Å²) in [6, 6.07) is 13.6. The van der Waals surface area contributed by atoms with Gasteiger partial charge in [-0.3, -0.25) is 10.2 Å². The number of amides is 1. The molecule has 2 N–H and O–H groups in total. The van der Waals surface area contributed by atoms with Gasteiger partial charge in [-0.2, -0.15) is 5.26 Å². The monoisotopic (exact) mass is 359 g/mol. The lowest BCUT2D eigenvalue weighted by atomic mass is 10.2. The maximum Gasteiger partial charge on any atom is 0.266 e. The third kappa shape index (κ3) is 5.04. The Morgan fingerprint density at radius 1 is 1.16 bits per heavy atom. The molecule has 8 heteroatoms. The van der Waals surface area contributed by atoms with Gasteiger partial charge in [0.1, 0.15) is 5.75 Å². The SMILES string of the molecule is CC(C)Oc1ccc(C(=O)NNS(=O)(=O)c2cccc(C#N)c2)cc1. The lowest BCUT2D eigenvalue weighted by Gasteiger charge is -2.11. The first-order valence-corrected chi connectivity index (χ1v) is 8.89. The highest BCUT2D eigenvalue weighted by Gasteiger charge is 2.16. The number of carbonyl (C=O) groups excluding carboxylic acids is 1. The summed E-state index contributed by atoms with van der Waals surface area (Å²) in [6.45, 7) is 3.77. The molecule has 0 heterocycles. The Morgan fingerprint density at radius 3 is 2.44 bits per heavy atom. The molecular formula is C17H17N3O4S. The standard InChI is InChI=1S/C17H17N3O4S/c1-12(2)24-15-8-6-14(7-9-15)17(21)19-20-25(22,23)16-5-3-4-13(10-16)11-18/h3-10,12,20H,1-2H3,(H,19,21). The highest BCUT2D eigenvalue weighted by molar-refractivity contribution is 7.89. The van der Waals surface area contributed by atoms with E-state index in [0.29, 0.717) is 5.75 Å². The molecule has 0 saturated carbocycles. The van der Waals surface area contributed by atoms with Crippen LogP contribution in [0.25, 0.3) is 0 Å². The van der Waals surface area contributed by atoms with Crippen molar-refractivity contribution in [1.82, 2.24) is 10.3 Å². The molecule has 0 fully saturated rings. The number of hydrogen-bond donors (Lipinski definition) is 2.